The Balaban J connectivity index is 1.99. The highest BCUT2D eigenvalue weighted by Crippen LogP contribution is 2.25. The van der Waals surface area contributed by atoms with Crippen LogP contribution in [-0.2, 0) is 11.3 Å². The van der Waals surface area contributed by atoms with Crippen molar-refractivity contribution in [2.75, 3.05) is 13.2 Å². The summed E-state index contributed by atoms with van der Waals surface area (Å²) in [6, 6.07) is 3.98. The SMILES string of the molecule is OCc1cnc2ccc(C3CCOCC3)nn12. The average Bonchev–Trinajstić information content (AvgIpc) is 2.81. The number of imidazole rings is 1. The van der Waals surface area contributed by atoms with Crippen molar-refractivity contribution in [2.45, 2.75) is 25.4 Å². The lowest BCUT2D eigenvalue weighted by molar-refractivity contribution is 0.0842. The quantitative estimate of drug-likeness (QED) is 0.844. The molecule has 90 valence electrons. The zero-order valence-electron chi connectivity index (χ0n) is 9.54. The predicted molar refractivity (Wildman–Crippen MR) is 61.7 cm³/mol. The van der Waals surface area contributed by atoms with Crippen LogP contribution in [0.5, 0.6) is 0 Å². The first kappa shape index (κ1) is 10.7. The van der Waals surface area contributed by atoms with Gasteiger partial charge in [-0.15, -0.1) is 0 Å². The van der Waals surface area contributed by atoms with Gasteiger partial charge in [-0.3, -0.25) is 0 Å². The van der Waals surface area contributed by atoms with Gasteiger partial charge in [0.15, 0.2) is 5.65 Å². The van der Waals surface area contributed by atoms with E-state index < -0.39 is 0 Å². The van der Waals surface area contributed by atoms with Crippen molar-refractivity contribution in [1.82, 2.24) is 14.6 Å². The lowest BCUT2D eigenvalue weighted by atomic mass is 9.96. The molecule has 17 heavy (non-hydrogen) atoms. The first-order valence-corrected chi connectivity index (χ1v) is 5.90. The van der Waals surface area contributed by atoms with Crippen LogP contribution in [0.4, 0.5) is 0 Å². The third kappa shape index (κ3) is 1.92. The van der Waals surface area contributed by atoms with Crippen molar-refractivity contribution in [3.05, 3.63) is 29.7 Å². The van der Waals surface area contributed by atoms with Crippen molar-refractivity contribution in [1.29, 1.82) is 0 Å². The summed E-state index contributed by atoms with van der Waals surface area (Å²) in [5.41, 5.74) is 2.58. The molecular formula is C12H15N3O2. The van der Waals surface area contributed by atoms with Crippen LogP contribution in [0, 0.1) is 0 Å². The molecule has 0 aliphatic carbocycles. The fourth-order valence-corrected chi connectivity index (χ4v) is 2.25. The fourth-order valence-electron chi connectivity index (χ4n) is 2.25. The van der Waals surface area contributed by atoms with E-state index in [0.29, 0.717) is 5.92 Å². The van der Waals surface area contributed by atoms with Crippen molar-refractivity contribution >= 4 is 5.65 Å². The Hall–Kier alpha value is -1.46. The minimum Gasteiger partial charge on any atom is -0.390 e. The summed E-state index contributed by atoms with van der Waals surface area (Å²) in [4.78, 5) is 4.19. The second-order valence-corrected chi connectivity index (χ2v) is 4.32. The molecule has 5 heteroatoms. The van der Waals surface area contributed by atoms with Crippen LogP contribution in [0.25, 0.3) is 5.65 Å². The van der Waals surface area contributed by atoms with E-state index >= 15 is 0 Å². The van der Waals surface area contributed by atoms with E-state index in [1.165, 1.54) is 0 Å². The van der Waals surface area contributed by atoms with Gasteiger partial charge in [-0.1, -0.05) is 0 Å². The molecule has 1 aliphatic rings. The summed E-state index contributed by atoms with van der Waals surface area (Å²) in [6.07, 6.45) is 3.69. The number of nitrogens with zero attached hydrogens (tertiary/aromatic N) is 3. The highest BCUT2D eigenvalue weighted by Gasteiger charge is 2.18. The van der Waals surface area contributed by atoms with Gasteiger partial charge in [0.05, 0.1) is 24.2 Å². The molecule has 0 atom stereocenters. The van der Waals surface area contributed by atoms with Crippen LogP contribution in [0.3, 0.4) is 0 Å². The Morgan fingerprint density at radius 3 is 2.94 bits per heavy atom. The minimum absolute atomic E-state index is 0.0363. The summed E-state index contributed by atoms with van der Waals surface area (Å²) in [5.74, 6) is 0.460. The Morgan fingerprint density at radius 1 is 1.35 bits per heavy atom. The molecule has 2 aromatic rings. The molecule has 5 nitrogen and oxygen atoms in total. The van der Waals surface area contributed by atoms with Gasteiger partial charge in [-0.2, -0.15) is 5.10 Å². The molecule has 0 saturated carbocycles. The molecule has 1 aliphatic heterocycles. The van der Waals surface area contributed by atoms with E-state index in [-0.39, 0.29) is 6.61 Å². The monoisotopic (exact) mass is 233 g/mol. The Labute approximate surface area is 99.0 Å². The van der Waals surface area contributed by atoms with E-state index in [4.69, 9.17) is 4.74 Å². The molecule has 0 radical (unpaired) electrons. The zero-order chi connectivity index (χ0) is 11.7. The van der Waals surface area contributed by atoms with Gasteiger partial charge in [0.2, 0.25) is 0 Å². The molecule has 1 fully saturated rings. The van der Waals surface area contributed by atoms with Gasteiger partial charge in [0.25, 0.3) is 0 Å². The van der Waals surface area contributed by atoms with Crippen molar-refractivity contribution in [3.8, 4) is 0 Å². The predicted octanol–water partition coefficient (Wildman–Crippen LogP) is 1.12. The highest BCUT2D eigenvalue weighted by atomic mass is 16.5. The molecule has 0 spiro atoms. The number of aliphatic hydroxyl groups is 1. The molecule has 0 aromatic carbocycles. The number of ether oxygens (including phenoxy) is 1. The Kier molecular flexibility index (Phi) is 2.78. The van der Waals surface area contributed by atoms with Crippen molar-refractivity contribution in [2.24, 2.45) is 0 Å². The van der Waals surface area contributed by atoms with Crippen molar-refractivity contribution < 1.29 is 9.84 Å². The third-order valence-corrected chi connectivity index (χ3v) is 3.26. The van der Waals surface area contributed by atoms with Crippen LogP contribution < -0.4 is 0 Å². The normalized spacial score (nSPS) is 17.7. The fraction of sp³-hybridized carbons (Fsp3) is 0.500. The second kappa shape index (κ2) is 4.43. The van der Waals surface area contributed by atoms with E-state index in [1.54, 1.807) is 10.7 Å². The zero-order valence-corrected chi connectivity index (χ0v) is 9.54. The molecular weight excluding hydrogens is 218 g/mol. The maximum absolute atomic E-state index is 9.20. The molecule has 3 rings (SSSR count). The number of aliphatic hydroxyl groups excluding tert-OH is 1. The van der Waals surface area contributed by atoms with E-state index in [0.717, 1.165) is 43.1 Å². The van der Waals surface area contributed by atoms with E-state index in [1.807, 2.05) is 12.1 Å². The first-order valence-electron chi connectivity index (χ1n) is 5.90. The molecule has 3 heterocycles. The number of hydrogen-bond donors (Lipinski definition) is 1. The van der Waals surface area contributed by atoms with Gasteiger partial charge in [-0.25, -0.2) is 9.50 Å². The third-order valence-electron chi connectivity index (χ3n) is 3.26. The van der Waals surface area contributed by atoms with Gasteiger partial charge < -0.3 is 9.84 Å². The Morgan fingerprint density at radius 2 is 2.18 bits per heavy atom. The van der Waals surface area contributed by atoms with Crippen LogP contribution in [0.15, 0.2) is 18.3 Å². The number of hydrogen-bond acceptors (Lipinski definition) is 4. The summed E-state index contributed by atoms with van der Waals surface area (Å²) in [5, 5.41) is 13.8. The molecule has 0 amide bonds. The molecule has 0 unspecified atom stereocenters. The minimum atomic E-state index is -0.0363. The second-order valence-electron chi connectivity index (χ2n) is 4.32. The summed E-state index contributed by atoms with van der Waals surface area (Å²) >= 11 is 0. The lowest BCUT2D eigenvalue weighted by Gasteiger charge is -2.21. The number of aromatic nitrogens is 3. The number of fused-ring (bicyclic) bond motifs is 1. The van der Waals surface area contributed by atoms with Gasteiger partial charge in [0, 0.05) is 19.1 Å². The smallest absolute Gasteiger partial charge is 0.153 e. The summed E-state index contributed by atoms with van der Waals surface area (Å²) in [6.45, 7) is 1.58. The van der Waals surface area contributed by atoms with Crippen molar-refractivity contribution in [3.63, 3.8) is 0 Å². The largest absolute Gasteiger partial charge is 0.390 e. The molecule has 2 aromatic heterocycles. The van der Waals surface area contributed by atoms with E-state index in [2.05, 4.69) is 10.1 Å². The maximum Gasteiger partial charge on any atom is 0.153 e. The van der Waals surface area contributed by atoms with Crippen LogP contribution >= 0.6 is 0 Å². The Bertz CT molecular complexity index is 517. The molecule has 1 N–H and O–H groups in total. The lowest BCUT2D eigenvalue weighted by Crippen LogP contribution is -2.16. The highest BCUT2D eigenvalue weighted by molar-refractivity contribution is 5.39. The summed E-state index contributed by atoms with van der Waals surface area (Å²) in [7, 11) is 0. The van der Waals surface area contributed by atoms with Crippen LogP contribution in [0.1, 0.15) is 30.1 Å². The standard InChI is InChI=1S/C12H15N3O2/c16-8-10-7-13-12-2-1-11(14-15(10)12)9-3-5-17-6-4-9/h1-2,7,9,16H,3-6,8H2. The molecule has 1 saturated heterocycles. The van der Waals surface area contributed by atoms with Gasteiger partial charge >= 0.3 is 0 Å². The average molecular weight is 233 g/mol. The molecule has 0 bridgehead atoms. The number of rotatable bonds is 2. The van der Waals surface area contributed by atoms with Gasteiger partial charge in [-0.05, 0) is 25.0 Å². The van der Waals surface area contributed by atoms with Crippen LogP contribution in [-0.4, -0.2) is 32.9 Å². The summed E-state index contributed by atoms with van der Waals surface area (Å²) < 4.78 is 7.08. The topological polar surface area (TPSA) is 59.7 Å². The maximum atomic E-state index is 9.20. The first-order chi connectivity index (χ1) is 8.38. The van der Waals surface area contributed by atoms with E-state index in [9.17, 15) is 5.11 Å². The van der Waals surface area contributed by atoms with Crippen LogP contribution in [0.2, 0.25) is 0 Å². The van der Waals surface area contributed by atoms with Gasteiger partial charge in [0.1, 0.15) is 0 Å².